The first-order chi connectivity index (χ1) is 9.20. The topological polar surface area (TPSA) is 112 Å². The molecule has 2 aromatic rings. The maximum absolute atomic E-state index is 11.0. The lowest BCUT2D eigenvalue weighted by Crippen LogP contribution is -2.14. The van der Waals surface area contributed by atoms with E-state index in [1.54, 1.807) is 12.5 Å². The van der Waals surface area contributed by atoms with Crippen LogP contribution in [0.1, 0.15) is 40.8 Å². The number of carboxylic acid groups (broad SMARTS) is 1. The smallest absolute Gasteiger partial charge is 0.358 e. The van der Waals surface area contributed by atoms with Gasteiger partial charge in [0.25, 0.3) is 0 Å². The number of hydrogen-bond donors (Lipinski definition) is 2. The summed E-state index contributed by atoms with van der Waals surface area (Å²) in [7, 11) is 0. The maximum Gasteiger partial charge on any atom is 0.358 e. The molecule has 2 aromatic heterocycles. The predicted octanol–water partition coefficient (Wildman–Crippen LogP) is 0.0147. The Hall–Kier alpha value is -2.22. The second-order valence-electron chi connectivity index (χ2n) is 4.58. The number of rotatable bonds is 5. The van der Waals surface area contributed by atoms with Crippen LogP contribution in [-0.2, 0) is 13.1 Å². The van der Waals surface area contributed by atoms with Crippen molar-refractivity contribution in [1.82, 2.24) is 24.5 Å². The summed E-state index contributed by atoms with van der Waals surface area (Å²) < 4.78 is 3.63. The van der Waals surface area contributed by atoms with Crippen LogP contribution in [0.15, 0.2) is 12.5 Å². The second kappa shape index (κ2) is 4.47. The number of aromatic carboxylic acids is 1. The molecular formula is C11H14N6O2. The van der Waals surface area contributed by atoms with Gasteiger partial charge in [0.15, 0.2) is 5.69 Å². The Labute approximate surface area is 108 Å². The number of nitrogens with two attached hydrogens (primary N) is 1. The molecule has 100 valence electrons. The number of imidazole rings is 1. The molecule has 3 N–H and O–H groups in total. The number of carbonyl (C=O) groups is 1. The summed E-state index contributed by atoms with van der Waals surface area (Å²) in [4.78, 5) is 15.1. The Morgan fingerprint density at radius 3 is 2.95 bits per heavy atom. The summed E-state index contributed by atoms with van der Waals surface area (Å²) in [6.07, 6.45) is 5.88. The molecule has 1 fully saturated rings. The Bertz CT molecular complexity index is 612. The van der Waals surface area contributed by atoms with Gasteiger partial charge in [-0.05, 0) is 12.8 Å². The third kappa shape index (κ3) is 2.10. The highest BCUT2D eigenvalue weighted by atomic mass is 16.4. The van der Waals surface area contributed by atoms with Gasteiger partial charge in [-0.25, -0.2) is 14.5 Å². The fraction of sp³-hybridized carbons (Fsp3) is 0.455. The van der Waals surface area contributed by atoms with Gasteiger partial charge in [-0.1, -0.05) is 5.21 Å². The summed E-state index contributed by atoms with van der Waals surface area (Å²) in [5.41, 5.74) is 6.92. The van der Waals surface area contributed by atoms with Gasteiger partial charge in [0, 0.05) is 12.6 Å². The van der Waals surface area contributed by atoms with Crippen molar-refractivity contribution in [1.29, 1.82) is 0 Å². The van der Waals surface area contributed by atoms with Crippen molar-refractivity contribution in [2.24, 2.45) is 5.73 Å². The van der Waals surface area contributed by atoms with Crippen molar-refractivity contribution in [2.45, 2.75) is 32.0 Å². The minimum Gasteiger partial charge on any atom is -0.476 e. The Morgan fingerprint density at radius 1 is 1.53 bits per heavy atom. The van der Waals surface area contributed by atoms with E-state index in [9.17, 15) is 4.79 Å². The van der Waals surface area contributed by atoms with Crippen LogP contribution < -0.4 is 5.73 Å². The molecule has 0 spiro atoms. The van der Waals surface area contributed by atoms with E-state index in [1.807, 2.05) is 0 Å². The maximum atomic E-state index is 11.0. The van der Waals surface area contributed by atoms with Crippen molar-refractivity contribution in [3.63, 3.8) is 0 Å². The van der Waals surface area contributed by atoms with Crippen LogP contribution in [0.4, 0.5) is 0 Å². The molecule has 0 amide bonds. The monoisotopic (exact) mass is 262 g/mol. The van der Waals surface area contributed by atoms with Crippen molar-refractivity contribution in [3.8, 4) is 0 Å². The van der Waals surface area contributed by atoms with Gasteiger partial charge in [-0.15, -0.1) is 5.10 Å². The first-order valence-corrected chi connectivity index (χ1v) is 6.07. The largest absolute Gasteiger partial charge is 0.476 e. The molecule has 0 unspecified atom stereocenters. The lowest BCUT2D eigenvalue weighted by Gasteiger charge is -2.08. The molecule has 2 heterocycles. The van der Waals surface area contributed by atoms with E-state index in [4.69, 9.17) is 10.8 Å². The highest BCUT2D eigenvalue weighted by Crippen LogP contribution is 2.35. The van der Waals surface area contributed by atoms with Gasteiger partial charge in [-0.2, -0.15) is 0 Å². The normalized spacial score (nSPS) is 14.8. The lowest BCUT2D eigenvalue weighted by atomic mass is 10.3. The fourth-order valence-corrected chi connectivity index (χ4v) is 2.12. The standard InChI is InChI=1S/C11H14N6O2/c12-3-9-10(11(18)19)14-15-17(9)5-8-4-13-6-16(8)7-1-2-7/h4,6-7H,1-3,5,12H2,(H,18,19). The van der Waals surface area contributed by atoms with E-state index in [0.717, 1.165) is 18.5 Å². The second-order valence-corrected chi connectivity index (χ2v) is 4.58. The van der Waals surface area contributed by atoms with Gasteiger partial charge in [0.1, 0.15) is 0 Å². The molecule has 1 saturated carbocycles. The van der Waals surface area contributed by atoms with Crippen molar-refractivity contribution < 1.29 is 9.90 Å². The van der Waals surface area contributed by atoms with Gasteiger partial charge in [0.2, 0.25) is 0 Å². The number of hydrogen-bond acceptors (Lipinski definition) is 5. The molecule has 8 heteroatoms. The molecular weight excluding hydrogens is 248 g/mol. The van der Waals surface area contributed by atoms with Gasteiger partial charge in [-0.3, -0.25) is 0 Å². The number of aromatic nitrogens is 5. The summed E-state index contributed by atoms with van der Waals surface area (Å²) in [5.74, 6) is -1.11. The highest BCUT2D eigenvalue weighted by Gasteiger charge is 2.26. The summed E-state index contributed by atoms with van der Waals surface area (Å²) >= 11 is 0. The molecule has 0 saturated heterocycles. The molecule has 0 atom stereocenters. The Morgan fingerprint density at radius 2 is 2.32 bits per heavy atom. The Kier molecular flexibility index (Phi) is 2.79. The van der Waals surface area contributed by atoms with Gasteiger partial charge < -0.3 is 15.4 Å². The fourth-order valence-electron chi connectivity index (χ4n) is 2.12. The van der Waals surface area contributed by atoms with Crippen LogP contribution in [0, 0.1) is 0 Å². The summed E-state index contributed by atoms with van der Waals surface area (Å²) in [6, 6.07) is 0.515. The van der Waals surface area contributed by atoms with Crippen LogP contribution >= 0.6 is 0 Å². The van der Waals surface area contributed by atoms with E-state index in [1.165, 1.54) is 4.68 Å². The van der Waals surface area contributed by atoms with Crippen LogP contribution in [-0.4, -0.2) is 35.6 Å². The zero-order valence-electron chi connectivity index (χ0n) is 10.2. The highest BCUT2D eigenvalue weighted by molar-refractivity contribution is 5.86. The first kappa shape index (κ1) is 11.8. The summed E-state index contributed by atoms with van der Waals surface area (Å²) in [5, 5.41) is 16.5. The Balaban J connectivity index is 1.90. The van der Waals surface area contributed by atoms with Crippen molar-refractivity contribution in [3.05, 3.63) is 29.6 Å². The molecule has 3 rings (SSSR count). The number of nitrogens with zero attached hydrogens (tertiary/aromatic N) is 5. The van der Waals surface area contributed by atoms with Crippen LogP contribution in [0.2, 0.25) is 0 Å². The molecule has 0 aliphatic heterocycles. The molecule has 1 aliphatic rings. The first-order valence-electron chi connectivity index (χ1n) is 6.07. The number of carboxylic acids is 1. The zero-order valence-corrected chi connectivity index (χ0v) is 10.2. The molecule has 0 bridgehead atoms. The van der Waals surface area contributed by atoms with Crippen LogP contribution in [0.25, 0.3) is 0 Å². The lowest BCUT2D eigenvalue weighted by molar-refractivity contribution is 0.0689. The van der Waals surface area contributed by atoms with Crippen molar-refractivity contribution >= 4 is 5.97 Å². The third-order valence-corrected chi connectivity index (χ3v) is 3.23. The molecule has 0 aromatic carbocycles. The quantitative estimate of drug-likeness (QED) is 0.785. The average Bonchev–Trinajstić information content (AvgIpc) is 2.99. The average molecular weight is 262 g/mol. The minimum atomic E-state index is -1.11. The van der Waals surface area contributed by atoms with Crippen molar-refractivity contribution in [2.75, 3.05) is 0 Å². The van der Waals surface area contributed by atoms with Gasteiger partial charge >= 0.3 is 5.97 Å². The van der Waals surface area contributed by atoms with Crippen LogP contribution in [0.5, 0.6) is 0 Å². The molecule has 1 aliphatic carbocycles. The van der Waals surface area contributed by atoms with E-state index < -0.39 is 5.97 Å². The van der Waals surface area contributed by atoms with Crippen LogP contribution in [0.3, 0.4) is 0 Å². The molecule has 8 nitrogen and oxygen atoms in total. The van der Waals surface area contributed by atoms with E-state index in [2.05, 4.69) is 19.9 Å². The predicted molar refractivity (Wildman–Crippen MR) is 64.5 cm³/mol. The van der Waals surface area contributed by atoms with E-state index in [-0.39, 0.29) is 12.2 Å². The third-order valence-electron chi connectivity index (χ3n) is 3.23. The van der Waals surface area contributed by atoms with E-state index >= 15 is 0 Å². The molecule has 19 heavy (non-hydrogen) atoms. The molecule has 0 radical (unpaired) electrons. The minimum absolute atomic E-state index is 0.0833. The van der Waals surface area contributed by atoms with Gasteiger partial charge in [0.05, 0.1) is 30.5 Å². The zero-order chi connectivity index (χ0) is 13.4. The SMILES string of the molecule is NCc1c(C(=O)O)nnn1Cc1cncn1C1CC1. The van der Waals surface area contributed by atoms with E-state index in [0.29, 0.717) is 18.3 Å². The summed E-state index contributed by atoms with van der Waals surface area (Å²) in [6.45, 7) is 0.523.